The van der Waals surface area contributed by atoms with E-state index in [4.69, 9.17) is 23.2 Å². The van der Waals surface area contributed by atoms with Crippen LogP contribution in [0.3, 0.4) is 0 Å². The molecule has 36 heavy (non-hydrogen) atoms. The largest absolute Gasteiger partial charge is 0.481 e. The first kappa shape index (κ1) is 27.0. The van der Waals surface area contributed by atoms with Crippen molar-refractivity contribution in [3.05, 3.63) is 56.2 Å². The number of nitrogens with zero attached hydrogens (tertiary/aromatic N) is 2. The van der Waals surface area contributed by atoms with Crippen molar-refractivity contribution in [2.75, 3.05) is 13.1 Å². The number of halogens is 5. The zero-order valence-corrected chi connectivity index (χ0v) is 21.8. The van der Waals surface area contributed by atoms with Crippen LogP contribution in [-0.2, 0) is 24.4 Å². The fraction of sp³-hybridized carbons (Fsp3) is 0.500. The maximum absolute atomic E-state index is 13.4. The average molecular weight is 545 g/mol. The van der Waals surface area contributed by atoms with Crippen LogP contribution in [0.4, 0.5) is 13.2 Å². The van der Waals surface area contributed by atoms with Gasteiger partial charge in [0.1, 0.15) is 6.23 Å². The number of piperidine rings is 1. The molecule has 2 aliphatic rings. The number of hydrogen-bond acceptors (Lipinski definition) is 3. The van der Waals surface area contributed by atoms with E-state index in [1.807, 2.05) is 17.9 Å². The summed E-state index contributed by atoms with van der Waals surface area (Å²) in [6.07, 6.45) is -3.73. The van der Waals surface area contributed by atoms with Crippen LogP contribution in [0.1, 0.15) is 43.0 Å². The summed E-state index contributed by atoms with van der Waals surface area (Å²) in [6, 6.07) is 4.16. The second kappa shape index (κ2) is 10.0. The fourth-order valence-electron chi connectivity index (χ4n) is 5.32. The second-order valence-corrected chi connectivity index (χ2v) is 10.7. The lowest BCUT2D eigenvalue weighted by Crippen LogP contribution is -2.45. The number of alkyl halides is 3. The number of aromatic nitrogens is 1. The van der Waals surface area contributed by atoms with Crippen molar-refractivity contribution in [3.8, 4) is 0 Å². The lowest BCUT2D eigenvalue weighted by atomic mass is 9.85. The predicted molar refractivity (Wildman–Crippen MR) is 134 cm³/mol. The number of hydrogen-bond donors (Lipinski definition) is 2. The van der Waals surface area contributed by atoms with E-state index >= 15 is 0 Å². The molecule has 0 amide bonds. The summed E-state index contributed by atoms with van der Waals surface area (Å²) in [5.41, 5.74) is 2.34. The zero-order chi connectivity index (χ0) is 26.5. The van der Waals surface area contributed by atoms with Crippen molar-refractivity contribution < 1.29 is 28.2 Å². The van der Waals surface area contributed by atoms with Gasteiger partial charge in [-0.25, -0.2) is 0 Å². The van der Waals surface area contributed by atoms with E-state index < -0.39 is 29.9 Å². The molecule has 4 rings (SSSR count). The summed E-state index contributed by atoms with van der Waals surface area (Å²) < 4.78 is 41.8. The Morgan fingerprint density at radius 1 is 1.19 bits per heavy atom. The maximum atomic E-state index is 13.4. The number of carboxylic acid groups (broad SMARTS) is 1. The van der Waals surface area contributed by atoms with Crippen molar-refractivity contribution in [1.82, 2.24) is 9.47 Å². The highest BCUT2D eigenvalue weighted by Gasteiger charge is 2.36. The fourth-order valence-corrected chi connectivity index (χ4v) is 6.22. The third-order valence-electron chi connectivity index (χ3n) is 7.52. The van der Waals surface area contributed by atoms with Gasteiger partial charge in [-0.1, -0.05) is 30.1 Å². The number of rotatable bonds is 5. The average Bonchev–Trinajstić information content (AvgIpc) is 3.12. The van der Waals surface area contributed by atoms with Crippen LogP contribution in [0.25, 0.3) is 10.9 Å². The van der Waals surface area contributed by atoms with Crippen LogP contribution >= 0.6 is 23.2 Å². The Morgan fingerprint density at radius 3 is 2.42 bits per heavy atom. The van der Waals surface area contributed by atoms with Crippen molar-refractivity contribution in [1.29, 1.82) is 0 Å². The van der Waals surface area contributed by atoms with Gasteiger partial charge in [-0.05, 0) is 67.0 Å². The number of likely N-dealkylation sites (tertiary alicyclic amines) is 1. The summed E-state index contributed by atoms with van der Waals surface area (Å²) in [6.45, 7) is 4.47. The van der Waals surface area contributed by atoms with Crippen molar-refractivity contribution in [2.24, 2.45) is 18.9 Å². The van der Waals surface area contributed by atoms with Gasteiger partial charge in [0.05, 0.1) is 11.5 Å². The van der Waals surface area contributed by atoms with E-state index in [0.717, 1.165) is 23.2 Å². The van der Waals surface area contributed by atoms with E-state index in [1.165, 1.54) is 0 Å². The molecular weight excluding hydrogens is 516 g/mol. The van der Waals surface area contributed by atoms with Crippen molar-refractivity contribution >= 4 is 40.1 Å². The van der Waals surface area contributed by atoms with E-state index in [9.17, 15) is 28.2 Å². The molecule has 2 unspecified atom stereocenters. The van der Waals surface area contributed by atoms with Gasteiger partial charge in [-0.3, -0.25) is 9.69 Å². The molecule has 2 N–H and O–H groups in total. The van der Waals surface area contributed by atoms with E-state index in [0.29, 0.717) is 71.1 Å². The molecular formula is C26H29Cl2F3N2O3. The van der Waals surface area contributed by atoms with Crippen LogP contribution in [-0.4, -0.2) is 45.0 Å². The summed E-state index contributed by atoms with van der Waals surface area (Å²) in [7, 11) is 1.72. The van der Waals surface area contributed by atoms with Gasteiger partial charge in [0.25, 0.3) is 0 Å². The Balaban J connectivity index is 1.65. The highest BCUT2D eigenvalue weighted by atomic mass is 35.5. The number of fused-ring (bicyclic) bond motifs is 1. The van der Waals surface area contributed by atoms with Gasteiger partial charge in [0, 0.05) is 53.2 Å². The molecule has 2 heterocycles. The van der Waals surface area contributed by atoms with Crippen LogP contribution in [0.5, 0.6) is 0 Å². The lowest BCUT2D eigenvalue weighted by molar-refractivity contribution is -0.144. The predicted octanol–water partition coefficient (Wildman–Crippen LogP) is 6.19. The molecule has 0 bridgehead atoms. The van der Waals surface area contributed by atoms with Crippen LogP contribution in [0.15, 0.2) is 39.4 Å². The Hall–Kier alpha value is -2.00. The summed E-state index contributed by atoms with van der Waals surface area (Å²) in [5, 5.41) is 22.1. The third-order valence-corrected chi connectivity index (χ3v) is 8.35. The van der Waals surface area contributed by atoms with E-state index in [1.54, 1.807) is 18.5 Å². The van der Waals surface area contributed by atoms with Crippen LogP contribution in [0, 0.1) is 18.8 Å². The Kier molecular flexibility index (Phi) is 7.55. The normalized spacial score (nSPS) is 21.5. The van der Waals surface area contributed by atoms with Gasteiger partial charge >= 0.3 is 12.1 Å². The summed E-state index contributed by atoms with van der Waals surface area (Å²) in [4.78, 5) is 13.1. The molecule has 0 radical (unpaired) electrons. The van der Waals surface area contributed by atoms with Gasteiger partial charge in [-0.15, -0.1) is 0 Å². The minimum atomic E-state index is -4.44. The Morgan fingerprint density at radius 2 is 1.83 bits per heavy atom. The summed E-state index contributed by atoms with van der Waals surface area (Å²) in [5.74, 6) is -1.36. The number of carboxylic acids is 1. The summed E-state index contributed by atoms with van der Waals surface area (Å²) >= 11 is 13.5. The molecule has 1 aliphatic heterocycles. The zero-order valence-electron chi connectivity index (χ0n) is 20.3. The second-order valence-electron chi connectivity index (χ2n) is 9.88. The molecule has 2 atom stereocenters. The molecule has 5 nitrogen and oxygen atoms in total. The number of aliphatic hydroxyl groups is 1. The molecule has 196 valence electrons. The van der Waals surface area contributed by atoms with Gasteiger partial charge in [0.15, 0.2) is 0 Å². The maximum Gasteiger partial charge on any atom is 0.416 e. The minimum absolute atomic E-state index is 0.120. The lowest BCUT2D eigenvalue weighted by Gasteiger charge is -2.38. The van der Waals surface area contributed by atoms with E-state index in [-0.39, 0.29) is 5.92 Å². The first-order valence-electron chi connectivity index (χ1n) is 11.9. The Labute approximate surface area is 217 Å². The van der Waals surface area contributed by atoms with E-state index in [2.05, 4.69) is 0 Å². The SMILES string of the molecule is Cc1cc(C(F)(F)F)cc2c1cc(CC1=C(Cl)CC(C)C(C(O)N3CCC(C(=O)O)CC3)=C1Cl)n2C. The molecule has 1 aromatic heterocycles. The molecule has 1 aliphatic carbocycles. The highest BCUT2D eigenvalue weighted by molar-refractivity contribution is 6.36. The molecule has 2 aromatic rings. The molecule has 1 aromatic carbocycles. The minimum Gasteiger partial charge on any atom is -0.481 e. The quantitative estimate of drug-likeness (QED) is 0.471. The van der Waals surface area contributed by atoms with Gasteiger partial charge in [-0.2, -0.15) is 13.2 Å². The number of aliphatic hydroxyl groups excluding tert-OH is 1. The Bertz CT molecular complexity index is 1260. The van der Waals surface area contributed by atoms with Gasteiger partial charge in [0.2, 0.25) is 0 Å². The molecule has 1 saturated heterocycles. The van der Waals surface area contributed by atoms with Gasteiger partial charge < -0.3 is 14.8 Å². The first-order chi connectivity index (χ1) is 16.8. The number of aliphatic carboxylic acids is 1. The van der Waals surface area contributed by atoms with Crippen molar-refractivity contribution in [2.45, 2.75) is 51.9 Å². The molecule has 0 saturated carbocycles. The number of allylic oxidation sites excluding steroid dienone is 3. The number of carbonyl (C=O) groups is 1. The molecule has 0 spiro atoms. The number of aryl methyl sites for hydroxylation is 2. The number of benzene rings is 1. The van der Waals surface area contributed by atoms with Crippen LogP contribution in [0.2, 0.25) is 0 Å². The molecule has 1 fully saturated rings. The topological polar surface area (TPSA) is 65.7 Å². The highest BCUT2D eigenvalue weighted by Crippen LogP contribution is 2.43. The third kappa shape index (κ3) is 5.05. The van der Waals surface area contributed by atoms with Crippen molar-refractivity contribution in [3.63, 3.8) is 0 Å². The molecule has 10 heteroatoms. The monoisotopic (exact) mass is 544 g/mol. The smallest absolute Gasteiger partial charge is 0.416 e. The van der Waals surface area contributed by atoms with Crippen LogP contribution < -0.4 is 0 Å². The standard InChI is InChI=1S/C26H29Cl2F3N2O3/c1-13-8-16(26(29,30)31)10-21-18(13)11-17(32(21)3)12-19-20(27)9-14(2)22(23(19)28)24(34)33-6-4-15(5-7-33)25(35)36/h8,10-11,14-15,24,34H,4-7,9,12H2,1-3H3,(H,35,36). The first-order valence-corrected chi connectivity index (χ1v) is 12.6.